The lowest BCUT2D eigenvalue weighted by Gasteiger charge is -2.33. The minimum absolute atomic E-state index is 0.114. The molecule has 0 radical (unpaired) electrons. The van der Waals surface area contributed by atoms with Gasteiger partial charge in [0.2, 0.25) is 5.91 Å². The molecule has 0 spiro atoms. The lowest BCUT2D eigenvalue weighted by atomic mass is 10.2. The molecule has 0 aromatic heterocycles. The summed E-state index contributed by atoms with van der Waals surface area (Å²) in [6, 6.07) is 0.351. The van der Waals surface area contributed by atoms with Crippen LogP contribution >= 0.6 is 23.4 Å². The maximum atomic E-state index is 12.2. The lowest BCUT2D eigenvalue weighted by molar-refractivity contribution is -0.132. The molecule has 0 aromatic rings. The number of halogens is 1. The van der Waals surface area contributed by atoms with Crippen LogP contribution in [0.5, 0.6) is 0 Å². The van der Waals surface area contributed by atoms with Gasteiger partial charge in [0.15, 0.2) is 0 Å². The predicted octanol–water partition coefficient (Wildman–Crippen LogP) is 2.04. The van der Waals surface area contributed by atoms with Crippen molar-refractivity contribution in [2.24, 2.45) is 0 Å². The molecule has 2 rings (SSSR count). The van der Waals surface area contributed by atoms with Gasteiger partial charge >= 0.3 is 0 Å². The zero-order chi connectivity index (χ0) is 13.0. The molecular weight excluding hydrogens is 268 g/mol. The van der Waals surface area contributed by atoms with Crippen LogP contribution in [0.2, 0.25) is 0 Å². The van der Waals surface area contributed by atoms with Crippen molar-refractivity contribution in [2.75, 3.05) is 37.7 Å². The van der Waals surface area contributed by atoms with E-state index in [9.17, 15) is 4.79 Å². The molecule has 0 aliphatic carbocycles. The second-order valence-electron chi connectivity index (χ2n) is 5.24. The number of alkyl halides is 1. The Balaban J connectivity index is 1.98. The van der Waals surface area contributed by atoms with Gasteiger partial charge in [-0.15, -0.1) is 11.6 Å². The molecule has 2 saturated heterocycles. The van der Waals surface area contributed by atoms with Crippen molar-refractivity contribution in [3.63, 3.8) is 0 Å². The maximum Gasteiger partial charge on any atom is 0.240 e. The van der Waals surface area contributed by atoms with E-state index in [-0.39, 0.29) is 5.91 Å². The summed E-state index contributed by atoms with van der Waals surface area (Å²) in [5.74, 6) is 2.34. The van der Waals surface area contributed by atoms with Crippen LogP contribution in [0.3, 0.4) is 0 Å². The lowest BCUT2D eigenvalue weighted by Crippen LogP contribution is -2.49. The van der Waals surface area contributed by atoms with Crippen LogP contribution in [0.15, 0.2) is 0 Å². The number of hydrogen-bond donors (Lipinski definition) is 0. The van der Waals surface area contributed by atoms with Crippen LogP contribution in [0, 0.1) is 0 Å². The van der Waals surface area contributed by atoms with Gasteiger partial charge in [0.1, 0.15) is 5.38 Å². The summed E-state index contributed by atoms with van der Waals surface area (Å²) >= 11 is 7.96. The monoisotopic (exact) mass is 290 g/mol. The largest absolute Gasteiger partial charge is 0.336 e. The molecule has 18 heavy (non-hydrogen) atoms. The van der Waals surface area contributed by atoms with Crippen molar-refractivity contribution in [2.45, 2.75) is 37.6 Å². The maximum absolute atomic E-state index is 12.2. The minimum atomic E-state index is -0.394. The summed E-state index contributed by atoms with van der Waals surface area (Å²) in [6.45, 7) is 6.08. The Morgan fingerprint density at radius 2 is 2.06 bits per heavy atom. The van der Waals surface area contributed by atoms with E-state index in [1.54, 1.807) is 6.92 Å². The van der Waals surface area contributed by atoms with Crippen molar-refractivity contribution < 1.29 is 4.79 Å². The van der Waals surface area contributed by atoms with Crippen LogP contribution in [-0.4, -0.2) is 64.8 Å². The first-order valence-corrected chi connectivity index (χ1v) is 8.52. The Kier molecular flexibility index (Phi) is 5.64. The predicted molar refractivity (Wildman–Crippen MR) is 78.4 cm³/mol. The van der Waals surface area contributed by atoms with Crippen molar-refractivity contribution in [1.82, 2.24) is 9.80 Å². The topological polar surface area (TPSA) is 23.6 Å². The van der Waals surface area contributed by atoms with Gasteiger partial charge in [0, 0.05) is 18.8 Å². The van der Waals surface area contributed by atoms with Crippen molar-refractivity contribution in [1.29, 1.82) is 0 Å². The Bertz CT molecular complexity index is 282. The van der Waals surface area contributed by atoms with Crippen LogP contribution in [0.4, 0.5) is 0 Å². The number of likely N-dealkylation sites (tertiary alicyclic amines) is 1. The molecule has 2 fully saturated rings. The first-order chi connectivity index (χ1) is 8.68. The summed E-state index contributed by atoms with van der Waals surface area (Å²) in [7, 11) is 0. The Labute approximate surface area is 119 Å². The van der Waals surface area contributed by atoms with Gasteiger partial charge in [-0.05, 0) is 45.0 Å². The number of nitrogens with zero attached hydrogens (tertiary/aromatic N) is 2. The first-order valence-electron chi connectivity index (χ1n) is 6.93. The Morgan fingerprint density at radius 1 is 1.33 bits per heavy atom. The summed E-state index contributed by atoms with van der Waals surface area (Å²) in [6.07, 6.45) is 3.70. The summed E-state index contributed by atoms with van der Waals surface area (Å²) < 4.78 is 0. The average Bonchev–Trinajstić information content (AvgIpc) is 2.74. The Hall–Kier alpha value is 0.0700. The van der Waals surface area contributed by atoms with Crippen LogP contribution in [0.1, 0.15) is 26.2 Å². The molecule has 2 heterocycles. The fourth-order valence-corrected chi connectivity index (χ4v) is 3.94. The van der Waals surface area contributed by atoms with Gasteiger partial charge in [-0.1, -0.05) is 0 Å². The number of rotatable bonds is 3. The fraction of sp³-hybridized carbons (Fsp3) is 0.923. The number of hydrogen-bond acceptors (Lipinski definition) is 3. The van der Waals surface area contributed by atoms with Gasteiger partial charge in [-0.2, -0.15) is 11.8 Å². The molecule has 2 aliphatic rings. The smallest absolute Gasteiger partial charge is 0.240 e. The normalized spacial score (nSPS) is 28.1. The second-order valence-corrected chi connectivity index (χ2v) is 7.04. The van der Waals surface area contributed by atoms with Gasteiger partial charge in [-0.3, -0.25) is 4.79 Å². The van der Waals surface area contributed by atoms with E-state index >= 15 is 0 Å². The molecule has 2 unspecified atom stereocenters. The summed E-state index contributed by atoms with van der Waals surface area (Å²) in [5.41, 5.74) is 0. The highest BCUT2D eigenvalue weighted by Gasteiger charge is 2.29. The first kappa shape index (κ1) is 14.5. The zero-order valence-corrected chi connectivity index (χ0v) is 12.7. The number of carbonyl (C=O) groups excluding carboxylic acids is 1. The molecule has 0 N–H and O–H groups in total. The van der Waals surface area contributed by atoms with E-state index in [0.717, 1.165) is 31.0 Å². The minimum Gasteiger partial charge on any atom is -0.336 e. The van der Waals surface area contributed by atoms with E-state index in [0.29, 0.717) is 6.04 Å². The highest BCUT2D eigenvalue weighted by atomic mass is 35.5. The van der Waals surface area contributed by atoms with Gasteiger partial charge in [0.25, 0.3) is 0 Å². The summed E-state index contributed by atoms with van der Waals surface area (Å²) in [5, 5.41) is -0.394. The highest BCUT2D eigenvalue weighted by molar-refractivity contribution is 7.99. The van der Waals surface area contributed by atoms with Gasteiger partial charge < -0.3 is 9.80 Å². The molecule has 2 aliphatic heterocycles. The molecule has 5 heteroatoms. The highest BCUT2D eigenvalue weighted by Crippen LogP contribution is 2.20. The second kappa shape index (κ2) is 7.01. The molecule has 1 amide bonds. The average molecular weight is 291 g/mol. The van der Waals surface area contributed by atoms with Crippen LogP contribution < -0.4 is 0 Å². The number of amides is 1. The standard InChI is InChI=1S/C13H23ClN2OS/c1-11(14)13(17)16-7-4-8-18-10-12(16)9-15-5-2-3-6-15/h11-12H,2-10H2,1H3. The molecule has 3 nitrogen and oxygen atoms in total. The zero-order valence-electron chi connectivity index (χ0n) is 11.1. The molecular formula is C13H23ClN2OS. The molecule has 0 saturated carbocycles. The molecule has 2 atom stereocenters. The molecule has 0 bridgehead atoms. The molecule has 0 aromatic carbocycles. The van der Waals surface area contributed by atoms with Gasteiger partial charge in [0.05, 0.1) is 6.04 Å². The van der Waals surface area contributed by atoms with Crippen molar-refractivity contribution >= 4 is 29.3 Å². The van der Waals surface area contributed by atoms with E-state index in [1.807, 2.05) is 16.7 Å². The Morgan fingerprint density at radius 3 is 2.72 bits per heavy atom. The van der Waals surface area contributed by atoms with E-state index in [4.69, 9.17) is 11.6 Å². The van der Waals surface area contributed by atoms with E-state index < -0.39 is 5.38 Å². The van der Waals surface area contributed by atoms with Crippen molar-refractivity contribution in [3.8, 4) is 0 Å². The quantitative estimate of drug-likeness (QED) is 0.743. The third-order valence-electron chi connectivity index (χ3n) is 3.73. The van der Waals surface area contributed by atoms with Crippen molar-refractivity contribution in [3.05, 3.63) is 0 Å². The van der Waals surface area contributed by atoms with E-state index in [2.05, 4.69) is 4.90 Å². The fourth-order valence-electron chi connectivity index (χ4n) is 2.76. The number of thioether (sulfide) groups is 1. The third kappa shape index (κ3) is 3.78. The number of carbonyl (C=O) groups is 1. The van der Waals surface area contributed by atoms with E-state index in [1.165, 1.54) is 25.9 Å². The molecule has 104 valence electrons. The third-order valence-corrected chi connectivity index (χ3v) is 5.11. The van der Waals surface area contributed by atoms with Crippen LogP contribution in [-0.2, 0) is 4.79 Å². The SMILES string of the molecule is CC(Cl)C(=O)N1CCCSCC1CN1CCCC1. The summed E-state index contributed by atoms with van der Waals surface area (Å²) in [4.78, 5) is 16.7. The van der Waals surface area contributed by atoms with Gasteiger partial charge in [-0.25, -0.2) is 0 Å². The van der Waals surface area contributed by atoms with Crippen LogP contribution in [0.25, 0.3) is 0 Å².